The van der Waals surface area contributed by atoms with Crippen molar-refractivity contribution in [1.82, 2.24) is 5.32 Å². The second kappa shape index (κ2) is 4.86. The molecule has 0 radical (unpaired) electrons. The predicted molar refractivity (Wildman–Crippen MR) is 60.6 cm³/mol. The Bertz CT molecular complexity index is 359. The van der Waals surface area contributed by atoms with Crippen LogP contribution in [-0.2, 0) is 9.53 Å². The summed E-state index contributed by atoms with van der Waals surface area (Å²) in [4.78, 5) is 18.6. The number of carbonyl (C=O) groups is 1. The van der Waals surface area contributed by atoms with Crippen molar-refractivity contribution < 1.29 is 9.53 Å². The standard InChI is InChI=1S/C9H15N5O2/c1-3-8(15)16-5-4-7-12-6(2)13-9(10,11)14-7/h3H,1,4-5,10-11H2,2H3,(H,12,13,14). The largest absolute Gasteiger partial charge is 0.462 e. The number of aliphatic imine (C=N–C) groups is 2. The smallest absolute Gasteiger partial charge is 0.330 e. The third-order valence-corrected chi connectivity index (χ3v) is 1.74. The predicted octanol–water partition coefficient (Wildman–Crippen LogP) is -0.945. The molecule has 1 rings (SSSR count). The van der Waals surface area contributed by atoms with Gasteiger partial charge >= 0.3 is 5.97 Å². The average Bonchev–Trinajstić information content (AvgIpc) is 2.14. The van der Waals surface area contributed by atoms with E-state index in [2.05, 4.69) is 21.9 Å². The monoisotopic (exact) mass is 225 g/mol. The lowest BCUT2D eigenvalue weighted by molar-refractivity contribution is -0.137. The van der Waals surface area contributed by atoms with Crippen molar-refractivity contribution in [3.05, 3.63) is 12.7 Å². The number of nitrogens with one attached hydrogen (secondary N) is 1. The molecule has 0 aliphatic carbocycles. The van der Waals surface area contributed by atoms with Crippen LogP contribution in [0.2, 0.25) is 0 Å². The Labute approximate surface area is 93.3 Å². The van der Waals surface area contributed by atoms with Gasteiger partial charge in [-0.05, 0) is 6.92 Å². The third kappa shape index (κ3) is 3.79. The summed E-state index contributed by atoms with van der Waals surface area (Å²) < 4.78 is 4.80. The molecule has 7 nitrogen and oxygen atoms in total. The fraction of sp³-hybridized carbons (Fsp3) is 0.444. The number of amidine groups is 2. The van der Waals surface area contributed by atoms with Crippen LogP contribution in [-0.4, -0.2) is 30.2 Å². The molecule has 0 fully saturated rings. The molecule has 0 aromatic rings. The van der Waals surface area contributed by atoms with E-state index >= 15 is 0 Å². The Morgan fingerprint density at radius 2 is 2.31 bits per heavy atom. The molecule has 0 spiro atoms. The van der Waals surface area contributed by atoms with Crippen LogP contribution in [0.25, 0.3) is 0 Å². The highest BCUT2D eigenvalue weighted by Gasteiger charge is 2.21. The van der Waals surface area contributed by atoms with Crippen LogP contribution in [0.3, 0.4) is 0 Å². The summed E-state index contributed by atoms with van der Waals surface area (Å²) in [6.07, 6.45) is 1.49. The highest BCUT2D eigenvalue weighted by Crippen LogP contribution is 2.03. The molecule has 88 valence electrons. The lowest BCUT2D eigenvalue weighted by Gasteiger charge is -2.23. The van der Waals surface area contributed by atoms with Crippen molar-refractivity contribution in [2.24, 2.45) is 21.5 Å². The van der Waals surface area contributed by atoms with E-state index in [1.807, 2.05) is 0 Å². The molecule has 1 heterocycles. The van der Waals surface area contributed by atoms with E-state index in [0.717, 1.165) is 6.08 Å². The molecule has 0 bridgehead atoms. The van der Waals surface area contributed by atoms with Crippen LogP contribution < -0.4 is 16.8 Å². The Balaban J connectivity index is 2.47. The van der Waals surface area contributed by atoms with Gasteiger partial charge in [0, 0.05) is 12.5 Å². The first-order valence-electron chi connectivity index (χ1n) is 4.72. The van der Waals surface area contributed by atoms with Crippen LogP contribution in [0, 0.1) is 0 Å². The molecule has 0 unspecified atom stereocenters. The first kappa shape index (κ1) is 12.3. The molecule has 1 aliphatic heterocycles. The van der Waals surface area contributed by atoms with E-state index in [1.165, 1.54) is 0 Å². The molecule has 0 aromatic heterocycles. The fourth-order valence-electron chi connectivity index (χ4n) is 1.20. The summed E-state index contributed by atoms with van der Waals surface area (Å²) >= 11 is 0. The molecular weight excluding hydrogens is 210 g/mol. The summed E-state index contributed by atoms with van der Waals surface area (Å²) in [6, 6.07) is 0. The van der Waals surface area contributed by atoms with E-state index in [1.54, 1.807) is 6.92 Å². The van der Waals surface area contributed by atoms with Crippen LogP contribution >= 0.6 is 0 Å². The SMILES string of the molecule is C=CC(=O)OCCC1=NC(N)(N)N=C(C)N1. The fourth-order valence-corrected chi connectivity index (χ4v) is 1.20. The molecule has 1 aliphatic rings. The van der Waals surface area contributed by atoms with Gasteiger partial charge in [-0.1, -0.05) is 6.58 Å². The molecular formula is C9H15N5O2. The zero-order valence-electron chi connectivity index (χ0n) is 9.06. The maximum atomic E-state index is 10.8. The molecule has 16 heavy (non-hydrogen) atoms. The van der Waals surface area contributed by atoms with Gasteiger partial charge in [-0.3, -0.25) is 11.5 Å². The average molecular weight is 225 g/mol. The number of ether oxygens (including phenoxy) is 1. The summed E-state index contributed by atoms with van der Waals surface area (Å²) in [5.74, 6) is -0.805. The Hall–Kier alpha value is -1.73. The number of hydrogen-bond acceptors (Lipinski definition) is 7. The summed E-state index contributed by atoms with van der Waals surface area (Å²) in [5.41, 5.74) is 11.1. The number of nitrogens with two attached hydrogens (primary N) is 2. The zero-order valence-corrected chi connectivity index (χ0v) is 9.06. The maximum absolute atomic E-state index is 10.8. The lowest BCUT2D eigenvalue weighted by Crippen LogP contribution is -2.52. The minimum absolute atomic E-state index is 0.181. The van der Waals surface area contributed by atoms with Crippen molar-refractivity contribution in [1.29, 1.82) is 0 Å². The molecule has 0 saturated carbocycles. The van der Waals surface area contributed by atoms with Gasteiger partial charge in [0.15, 0.2) is 0 Å². The van der Waals surface area contributed by atoms with E-state index < -0.39 is 11.9 Å². The molecule has 0 aromatic carbocycles. The molecule has 5 N–H and O–H groups in total. The Morgan fingerprint density at radius 3 is 2.88 bits per heavy atom. The molecule has 7 heteroatoms. The van der Waals surface area contributed by atoms with Crippen LogP contribution in [0.15, 0.2) is 22.6 Å². The van der Waals surface area contributed by atoms with Crippen molar-refractivity contribution >= 4 is 17.6 Å². The second-order valence-corrected chi connectivity index (χ2v) is 3.29. The van der Waals surface area contributed by atoms with Crippen LogP contribution in [0.5, 0.6) is 0 Å². The third-order valence-electron chi connectivity index (χ3n) is 1.74. The van der Waals surface area contributed by atoms with Gasteiger partial charge in [-0.15, -0.1) is 0 Å². The number of nitrogens with zero attached hydrogens (tertiary/aromatic N) is 2. The summed E-state index contributed by atoms with van der Waals surface area (Å²) in [6.45, 7) is 5.18. The van der Waals surface area contributed by atoms with Gasteiger partial charge in [0.1, 0.15) is 11.7 Å². The second-order valence-electron chi connectivity index (χ2n) is 3.29. The first-order valence-corrected chi connectivity index (χ1v) is 4.72. The quantitative estimate of drug-likeness (QED) is 0.324. The molecule has 0 atom stereocenters. The van der Waals surface area contributed by atoms with Crippen LogP contribution in [0.1, 0.15) is 13.3 Å². The first-order chi connectivity index (χ1) is 7.43. The highest BCUT2D eigenvalue weighted by molar-refractivity contribution is 6.01. The van der Waals surface area contributed by atoms with Gasteiger partial charge in [0.2, 0.25) is 0 Å². The van der Waals surface area contributed by atoms with Gasteiger partial charge in [0.25, 0.3) is 5.91 Å². The van der Waals surface area contributed by atoms with Gasteiger partial charge in [0.05, 0.1) is 6.61 Å². The minimum atomic E-state index is -1.44. The highest BCUT2D eigenvalue weighted by atomic mass is 16.5. The van der Waals surface area contributed by atoms with Crippen molar-refractivity contribution in [2.75, 3.05) is 6.61 Å². The van der Waals surface area contributed by atoms with Crippen molar-refractivity contribution in [2.45, 2.75) is 19.3 Å². The van der Waals surface area contributed by atoms with E-state index in [0.29, 0.717) is 18.1 Å². The summed E-state index contributed by atoms with van der Waals surface area (Å²) in [7, 11) is 0. The minimum Gasteiger partial charge on any atom is -0.462 e. The number of carbonyl (C=O) groups excluding carboxylic acids is 1. The Morgan fingerprint density at radius 1 is 1.62 bits per heavy atom. The number of rotatable bonds is 4. The van der Waals surface area contributed by atoms with Gasteiger partial charge in [-0.2, -0.15) is 0 Å². The number of esters is 1. The van der Waals surface area contributed by atoms with E-state index in [4.69, 9.17) is 16.2 Å². The number of hydrogen-bond donors (Lipinski definition) is 3. The lowest BCUT2D eigenvalue weighted by atomic mass is 10.3. The van der Waals surface area contributed by atoms with Crippen molar-refractivity contribution in [3.8, 4) is 0 Å². The van der Waals surface area contributed by atoms with Crippen LogP contribution in [0.4, 0.5) is 0 Å². The summed E-state index contributed by atoms with van der Waals surface area (Å²) in [5, 5.41) is 2.89. The van der Waals surface area contributed by atoms with Gasteiger partial charge < -0.3 is 10.1 Å². The molecule has 0 saturated heterocycles. The van der Waals surface area contributed by atoms with E-state index in [-0.39, 0.29) is 6.61 Å². The Kier molecular flexibility index (Phi) is 3.75. The van der Waals surface area contributed by atoms with Crippen molar-refractivity contribution in [3.63, 3.8) is 0 Å². The normalized spacial score (nSPS) is 17.9. The maximum Gasteiger partial charge on any atom is 0.330 e. The molecule has 0 amide bonds. The van der Waals surface area contributed by atoms with Gasteiger partial charge in [-0.25, -0.2) is 14.8 Å². The van der Waals surface area contributed by atoms with E-state index in [9.17, 15) is 4.79 Å². The zero-order chi connectivity index (χ0) is 12.2. The topological polar surface area (TPSA) is 115 Å².